The van der Waals surface area contributed by atoms with Gasteiger partial charge in [0.25, 0.3) is 0 Å². The fourth-order valence-electron chi connectivity index (χ4n) is 1.94. The molecule has 0 aliphatic rings. The van der Waals surface area contributed by atoms with Crippen LogP contribution in [0, 0.1) is 0 Å². The first-order chi connectivity index (χ1) is 8.65. The van der Waals surface area contributed by atoms with Crippen molar-refractivity contribution in [3.63, 3.8) is 0 Å². The maximum atomic E-state index is 6.21. The monoisotopic (exact) mass is 367 g/mol. The van der Waals surface area contributed by atoms with E-state index in [1.165, 1.54) is 11.1 Å². The summed E-state index contributed by atoms with van der Waals surface area (Å²) < 4.78 is 2.24. The van der Waals surface area contributed by atoms with Gasteiger partial charge in [0.15, 0.2) is 0 Å². The van der Waals surface area contributed by atoms with Crippen LogP contribution in [-0.2, 0) is 12.8 Å². The van der Waals surface area contributed by atoms with E-state index in [0.29, 0.717) is 0 Å². The molecule has 0 bridgehead atoms. The van der Waals surface area contributed by atoms with Gasteiger partial charge in [-0.15, -0.1) is 0 Å². The average Bonchev–Trinajstić information content (AvgIpc) is 2.35. The van der Waals surface area contributed by atoms with Crippen molar-refractivity contribution in [2.45, 2.75) is 18.9 Å². The predicted octanol–water partition coefficient (Wildman–Crippen LogP) is 4.32. The van der Waals surface area contributed by atoms with Crippen LogP contribution in [0.1, 0.15) is 11.1 Å². The van der Waals surface area contributed by atoms with E-state index < -0.39 is 0 Å². The average molecular weight is 369 g/mol. The van der Waals surface area contributed by atoms with Crippen LogP contribution in [0.5, 0.6) is 0 Å². The number of rotatable bonds is 4. The predicted molar refractivity (Wildman–Crippen MR) is 83.7 cm³/mol. The molecule has 0 amide bonds. The lowest BCUT2D eigenvalue weighted by molar-refractivity contribution is 0.663. The molecular formula is C15H15Br2N. The molecule has 2 N–H and O–H groups in total. The summed E-state index contributed by atoms with van der Waals surface area (Å²) in [6.45, 7) is 0. The number of hydrogen-bond acceptors (Lipinski definition) is 1. The Morgan fingerprint density at radius 2 is 1.56 bits per heavy atom. The van der Waals surface area contributed by atoms with E-state index in [2.05, 4.69) is 68.3 Å². The van der Waals surface area contributed by atoms with Gasteiger partial charge in [-0.05, 0) is 42.2 Å². The number of hydrogen-bond donors (Lipinski definition) is 1. The summed E-state index contributed by atoms with van der Waals surface area (Å²) in [5.41, 5.74) is 8.75. The topological polar surface area (TPSA) is 26.0 Å². The molecule has 0 radical (unpaired) electrons. The molecule has 1 atom stereocenters. The van der Waals surface area contributed by atoms with Crippen molar-refractivity contribution in [3.05, 3.63) is 68.6 Å². The van der Waals surface area contributed by atoms with Crippen molar-refractivity contribution < 1.29 is 0 Å². The van der Waals surface area contributed by atoms with Crippen molar-refractivity contribution in [2.75, 3.05) is 0 Å². The molecule has 1 nitrogen and oxygen atoms in total. The van der Waals surface area contributed by atoms with Crippen LogP contribution in [0.2, 0.25) is 0 Å². The van der Waals surface area contributed by atoms with Gasteiger partial charge >= 0.3 is 0 Å². The summed E-state index contributed by atoms with van der Waals surface area (Å²) in [7, 11) is 0. The molecule has 18 heavy (non-hydrogen) atoms. The third-order valence-electron chi connectivity index (χ3n) is 2.85. The standard InChI is InChI=1S/C15H15Br2N/c16-13-7-5-11(6-8-13)9-14(18)10-12-3-1-2-4-15(12)17/h1-8,14H,9-10,18H2. The van der Waals surface area contributed by atoms with Gasteiger partial charge in [-0.3, -0.25) is 0 Å². The molecule has 94 valence electrons. The van der Waals surface area contributed by atoms with Crippen LogP contribution in [0.4, 0.5) is 0 Å². The minimum Gasteiger partial charge on any atom is -0.327 e. The van der Waals surface area contributed by atoms with Gasteiger partial charge in [0, 0.05) is 15.0 Å². The smallest absolute Gasteiger partial charge is 0.0207 e. The molecule has 1 unspecified atom stereocenters. The highest BCUT2D eigenvalue weighted by Gasteiger charge is 2.07. The quantitative estimate of drug-likeness (QED) is 0.854. The van der Waals surface area contributed by atoms with E-state index in [9.17, 15) is 0 Å². The normalized spacial score (nSPS) is 12.4. The fraction of sp³-hybridized carbons (Fsp3) is 0.200. The Morgan fingerprint density at radius 1 is 0.889 bits per heavy atom. The summed E-state index contributed by atoms with van der Waals surface area (Å²) >= 11 is 7.00. The Bertz CT molecular complexity index is 508. The Morgan fingerprint density at radius 3 is 2.22 bits per heavy atom. The van der Waals surface area contributed by atoms with Crippen molar-refractivity contribution >= 4 is 31.9 Å². The van der Waals surface area contributed by atoms with Crippen molar-refractivity contribution in [1.29, 1.82) is 0 Å². The first-order valence-electron chi connectivity index (χ1n) is 5.88. The zero-order chi connectivity index (χ0) is 13.0. The SMILES string of the molecule is NC(Cc1ccc(Br)cc1)Cc1ccccc1Br. The first-order valence-corrected chi connectivity index (χ1v) is 7.47. The molecule has 0 aromatic heterocycles. The summed E-state index contributed by atoms with van der Waals surface area (Å²) in [5, 5.41) is 0. The zero-order valence-electron chi connectivity index (χ0n) is 9.94. The first kappa shape index (κ1) is 13.8. The minimum absolute atomic E-state index is 0.143. The second kappa shape index (κ2) is 6.50. The van der Waals surface area contributed by atoms with E-state index in [-0.39, 0.29) is 6.04 Å². The van der Waals surface area contributed by atoms with Gasteiger partial charge in [-0.1, -0.05) is 62.2 Å². The summed E-state index contributed by atoms with van der Waals surface area (Å²) in [6, 6.07) is 16.7. The van der Waals surface area contributed by atoms with Gasteiger partial charge in [0.1, 0.15) is 0 Å². The van der Waals surface area contributed by atoms with Gasteiger partial charge in [0.05, 0.1) is 0 Å². The second-order valence-corrected chi connectivity index (χ2v) is 6.16. The van der Waals surface area contributed by atoms with Crippen molar-refractivity contribution in [3.8, 4) is 0 Å². The second-order valence-electron chi connectivity index (χ2n) is 4.39. The lowest BCUT2D eigenvalue weighted by Crippen LogP contribution is -2.25. The molecule has 2 rings (SSSR count). The molecule has 0 fully saturated rings. The van der Waals surface area contributed by atoms with Crippen LogP contribution in [0.15, 0.2) is 57.5 Å². The maximum absolute atomic E-state index is 6.21. The summed E-state index contributed by atoms with van der Waals surface area (Å²) in [5.74, 6) is 0. The Kier molecular flexibility index (Phi) is 4.98. The lowest BCUT2D eigenvalue weighted by atomic mass is 10.00. The van der Waals surface area contributed by atoms with Gasteiger partial charge in [0.2, 0.25) is 0 Å². The van der Waals surface area contributed by atoms with Crippen LogP contribution in [-0.4, -0.2) is 6.04 Å². The van der Waals surface area contributed by atoms with Crippen LogP contribution < -0.4 is 5.73 Å². The maximum Gasteiger partial charge on any atom is 0.0207 e. The van der Waals surface area contributed by atoms with Crippen molar-refractivity contribution in [2.24, 2.45) is 5.73 Å². The fourth-order valence-corrected chi connectivity index (χ4v) is 2.65. The van der Waals surface area contributed by atoms with Gasteiger partial charge < -0.3 is 5.73 Å². The molecule has 0 spiro atoms. The molecule has 0 saturated carbocycles. The number of benzene rings is 2. The Hall–Kier alpha value is -0.640. The highest BCUT2D eigenvalue weighted by atomic mass is 79.9. The van der Waals surface area contributed by atoms with E-state index in [1.807, 2.05) is 12.1 Å². The molecular weight excluding hydrogens is 354 g/mol. The van der Waals surface area contributed by atoms with E-state index in [0.717, 1.165) is 21.8 Å². The van der Waals surface area contributed by atoms with Gasteiger partial charge in [-0.25, -0.2) is 0 Å². The Balaban J connectivity index is 1.99. The largest absolute Gasteiger partial charge is 0.327 e. The molecule has 0 saturated heterocycles. The third kappa shape index (κ3) is 3.94. The van der Waals surface area contributed by atoms with Crippen molar-refractivity contribution in [1.82, 2.24) is 0 Å². The number of halogens is 2. The molecule has 2 aromatic carbocycles. The van der Waals surface area contributed by atoms with Crippen LogP contribution in [0.3, 0.4) is 0 Å². The minimum atomic E-state index is 0.143. The van der Waals surface area contributed by atoms with E-state index in [4.69, 9.17) is 5.73 Å². The molecule has 0 aliphatic heterocycles. The Labute approximate surface area is 125 Å². The highest BCUT2D eigenvalue weighted by molar-refractivity contribution is 9.10. The molecule has 3 heteroatoms. The third-order valence-corrected chi connectivity index (χ3v) is 4.15. The molecule has 0 heterocycles. The van der Waals surface area contributed by atoms with Crippen LogP contribution in [0.25, 0.3) is 0 Å². The highest BCUT2D eigenvalue weighted by Crippen LogP contribution is 2.18. The summed E-state index contributed by atoms with van der Waals surface area (Å²) in [6.07, 6.45) is 1.78. The van der Waals surface area contributed by atoms with E-state index in [1.54, 1.807) is 0 Å². The molecule has 0 aliphatic carbocycles. The number of nitrogens with two attached hydrogens (primary N) is 1. The summed E-state index contributed by atoms with van der Waals surface area (Å²) in [4.78, 5) is 0. The van der Waals surface area contributed by atoms with E-state index >= 15 is 0 Å². The van der Waals surface area contributed by atoms with Gasteiger partial charge in [-0.2, -0.15) is 0 Å². The molecule has 2 aromatic rings. The lowest BCUT2D eigenvalue weighted by Gasteiger charge is -2.13. The zero-order valence-corrected chi connectivity index (χ0v) is 13.1. The van der Waals surface area contributed by atoms with Crippen LogP contribution >= 0.6 is 31.9 Å².